The highest BCUT2D eigenvalue weighted by Crippen LogP contribution is 2.47. The number of carbonyl (C=O) groups excluding carboxylic acids is 1. The SMILES string of the molecule is O=C(C[C@@](O)(c1ccccc1)C1CC1)NC1CCN(c2ccccn2)CC1. The van der Waals surface area contributed by atoms with E-state index >= 15 is 0 Å². The van der Waals surface area contributed by atoms with Crippen molar-refractivity contribution in [2.45, 2.75) is 43.7 Å². The molecule has 1 saturated heterocycles. The van der Waals surface area contributed by atoms with Crippen LogP contribution in [0.1, 0.15) is 37.7 Å². The quantitative estimate of drug-likeness (QED) is 0.826. The van der Waals surface area contributed by atoms with Crippen LogP contribution in [0.15, 0.2) is 54.7 Å². The highest BCUT2D eigenvalue weighted by atomic mass is 16.3. The molecule has 5 heteroatoms. The number of benzene rings is 1. The van der Waals surface area contributed by atoms with Crippen molar-refractivity contribution < 1.29 is 9.90 Å². The fourth-order valence-corrected chi connectivity index (χ4v) is 4.09. The summed E-state index contributed by atoms with van der Waals surface area (Å²) < 4.78 is 0. The first kappa shape index (κ1) is 18.0. The molecule has 1 aromatic heterocycles. The van der Waals surface area contributed by atoms with E-state index in [0.717, 1.165) is 50.2 Å². The maximum atomic E-state index is 12.7. The molecule has 1 saturated carbocycles. The number of aromatic nitrogens is 1. The van der Waals surface area contributed by atoms with E-state index in [1.54, 1.807) is 0 Å². The third kappa shape index (κ3) is 4.14. The summed E-state index contributed by atoms with van der Waals surface area (Å²) in [6, 6.07) is 15.7. The maximum absolute atomic E-state index is 12.7. The van der Waals surface area contributed by atoms with Crippen molar-refractivity contribution in [1.29, 1.82) is 0 Å². The molecular weight excluding hydrogens is 338 g/mol. The summed E-state index contributed by atoms with van der Waals surface area (Å²) in [4.78, 5) is 19.3. The Morgan fingerprint density at radius 2 is 1.78 bits per heavy atom. The lowest BCUT2D eigenvalue weighted by atomic mass is 9.85. The van der Waals surface area contributed by atoms with Gasteiger partial charge in [-0.2, -0.15) is 0 Å². The molecule has 0 spiro atoms. The first-order valence-electron chi connectivity index (χ1n) is 9.88. The van der Waals surface area contributed by atoms with Crippen LogP contribution in [0, 0.1) is 5.92 Å². The van der Waals surface area contributed by atoms with E-state index in [2.05, 4.69) is 15.2 Å². The first-order chi connectivity index (χ1) is 13.1. The summed E-state index contributed by atoms with van der Waals surface area (Å²) in [6.45, 7) is 1.76. The number of amides is 1. The molecule has 27 heavy (non-hydrogen) atoms. The van der Waals surface area contributed by atoms with Crippen LogP contribution in [0.4, 0.5) is 5.82 Å². The molecule has 2 N–H and O–H groups in total. The van der Waals surface area contributed by atoms with Gasteiger partial charge in [0.15, 0.2) is 0 Å². The monoisotopic (exact) mass is 365 g/mol. The van der Waals surface area contributed by atoms with Crippen molar-refractivity contribution in [1.82, 2.24) is 10.3 Å². The van der Waals surface area contributed by atoms with Gasteiger partial charge in [0.25, 0.3) is 0 Å². The summed E-state index contributed by atoms with van der Waals surface area (Å²) in [5.74, 6) is 1.13. The van der Waals surface area contributed by atoms with Crippen LogP contribution in [0.3, 0.4) is 0 Å². The van der Waals surface area contributed by atoms with Crippen molar-refractivity contribution in [3.05, 3.63) is 60.3 Å². The fraction of sp³-hybridized carbons (Fsp3) is 0.455. The number of rotatable bonds is 6. The third-order valence-electron chi connectivity index (χ3n) is 5.79. The summed E-state index contributed by atoms with van der Waals surface area (Å²) in [5, 5.41) is 14.4. The molecule has 2 aromatic rings. The Morgan fingerprint density at radius 1 is 1.07 bits per heavy atom. The number of carbonyl (C=O) groups is 1. The molecule has 2 heterocycles. The van der Waals surface area contributed by atoms with Gasteiger partial charge < -0.3 is 15.3 Å². The van der Waals surface area contributed by atoms with Gasteiger partial charge in [-0.15, -0.1) is 0 Å². The standard InChI is InChI=1S/C22H27N3O2/c26-21(16-22(27,18-9-10-18)17-6-2-1-3-7-17)24-19-11-14-25(15-12-19)20-8-4-5-13-23-20/h1-8,13,18-19,27H,9-12,14-16H2,(H,24,26)/t22-/m1/s1. The molecule has 0 bridgehead atoms. The lowest BCUT2D eigenvalue weighted by molar-refractivity contribution is -0.128. The van der Waals surface area contributed by atoms with Crippen LogP contribution in [0.5, 0.6) is 0 Å². The molecule has 4 rings (SSSR count). The number of piperidine rings is 1. The summed E-state index contributed by atoms with van der Waals surface area (Å²) in [5.41, 5.74) is -0.187. The van der Waals surface area contributed by atoms with Crippen LogP contribution in [0.25, 0.3) is 0 Å². The highest BCUT2D eigenvalue weighted by molar-refractivity contribution is 5.77. The molecule has 1 aromatic carbocycles. The van der Waals surface area contributed by atoms with Gasteiger partial charge in [-0.1, -0.05) is 36.4 Å². The van der Waals surface area contributed by atoms with Crippen molar-refractivity contribution in [3.63, 3.8) is 0 Å². The normalized spacial score (nSPS) is 20.1. The smallest absolute Gasteiger partial charge is 0.223 e. The second-order valence-corrected chi connectivity index (χ2v) is 7.76. The summed E-state index contributed by atoms with van der Waals surface area (Å²) >= 11 is 0. The number of pyridine rings is 1. The molecule has 1 amide bonds. The fourth-order valence-electron chi connectivity index (χ4n) is 4.09. The topological polar surface area (TPSA) is 65.5 Å². The van der Waals surface area contributed by atoms with Crippen LogP contribution in [-0.2, 0) is 10.4 Å². The molecule has 1 aliphatic heterocycles. The average Bonchev–Trinajstić information content (AvgIpc) is 3.56. The van der Waals surface area contributed by atoms with Gasteiger partial charge in [0, 0.05) is 25.3 Å². The Kier molecular flexibility index (Phi) is 5.12. The zero-order chi connectivity index (χ0) is 18.7. The zero-order valence-electron chi connectivity index (χ0n) is 15.6. The molecule has 1 aliphatic carbocycles. The molecule has 2 aliphatic rings. The van der Waals surface area contributed by atoms with Gasteiger partial charge in [-0.25, -0.2) is 4.98 Å². The second kappa shape index (κ2) is 7.69. The number of hydrogen-bond acceptors (Lipinski definition) is 4. The zero-order valence-corrected chi connectivity index (χ0v) is 15.6. The first-order valence-corrected chi connectivity index (χ1v) is 9.88. The number of nitrogens with zero attached hydrogens (tertiary/aromatic N) is 2. The predicted octanol–water partition coefficient (Wildman–Crippen LogP) is 2.85. The summed E-state index contributed by atoms with van der Waals surface area (Å²) in [6.07, 6.45) is 5.72. The Bertz CT molecular complexity index is 756. The van der Waals surface area contributed by atoms with E-state index in [-0.39, 0.29) is 24.3 Å². The predicted molar refractivity (Wildman–Crippen MR) is 105 cm³/mol. The van der Waals surface area contributed by atoms with E-state index in [4.69, 9.17) is 0 Å². The van der Waals surface area contributed by atoms with E-state index in [1.165, 1.54) is 0 Å². The Balaban J connectivity index is 1.33. The minimum Gasteiger partial charge on any atom is -0.384 e. The van der Waals surface area contributed by atoms with E-state index in [1.807, 2.05) is 54.7 Å². The van der Waals surface area contributed by atoms with Gasteiger partial charge in [0.05, 0.1) is 6.42 Å². The Labute approximate surface area is 160 Å². The van der Waals surface area contributed by atoms with E-state index in [9.17, 15) is 9.90 Å². The molecule has 0 radical (unpaired) electrons. The van der Waals surface area contributed by atoms with E-state index in [0.29, 0.717) is 0 Å². The molecule has 5 nitrogen and oxygen atoms in total. The Hall–Kier alpha value is -2.40. The maximum Gasteiger partial charge on any atom is 0.223 e. The Morgan fingerprint density at radius 3 is 2.41 bits per heavy atom. The van der Waals surface area contributed by atoms with Gasteiger partial charge in [0.1, 0.15) is 11.4 Å². The van der Waals surface area contributed by atoms with Crippen LogP contribution >= 0.6 is 0 Å². The van der Waals surface area contributed by atoms with Gasteiger partial charge in [0.2, 0.25) is 5.91 Å². The van der Waals surface area contributed by atoms with Crippen molar-refractivity contribution in [3.8, 4) is 0 Å². The molecule has 142 valence electrons. The lowest BCUT2D eigenvalue weighted by Crippen LogP contribution is -2.46. The van der Waals surface area contributed by atoms with Crippen LogP contribution < -0.4 is 10.2 Å². The molecule has 1 atom stereocenters. The minimum absolute atomic E-state index is 0.0514. The van der Waals surface area contributed by atoms with Crippen molar-refractivity contribution in [2.24, 2.45) is 5.92 Å². The lowest BCUT2D eigenvalue weighted by Gasteiger charge is -2.34. The van der Waals surface area contributed by atoms with Gasteiger partial charge in [-0.05, 0) is 49.3 Å². The highest BCUT2D eigenvalue weighted by Gasteiger charge is 2.46. The summed E-state index contributed by atoms with van der Waals surface area (Å²) in [7, 11) is 0. The number of anilines is 1. The largest absolute Gasteiger partial charge is 0.384 e. The van der Waals surface area contributed by atoms with E-state index < -0.39 is 5.60 Å². The minimum atomic E-state index is -1.04. The van der Waals surface area contributed by atoms with Gasteiger partial charge in [-0.3, -0.25) is 4.79 Å². The second-order valence-electron chi connectivity index (χ2n) is 7.76. The number of aliphatic hydroxyl groups is 1. The third-order valence-corrected chi connectivity index (χ3v) is 5.79. The average molecular weight is 365 g/mol. The number of hydrogen-bond donors (Lipinski definition) is 2. The molecule has 0 unspecified atom stereocenters. The van der Waals surface area contributed by atoms with Gasteiger partial charge >= 0.3 is 0 Å². The number of nitrogens with one attached hydrogen (secondary N) is 1. The van der Waals surface area contributed by atoms with Crippen molar-refractivity contribution in [2.75, 3.05) is 18.0 Å². The van der Waals surface area contributed by atoms with Crippen LogP contribution in [-0.4, -0.2) is 35.1 Å². The van der Waals surface area contributed by atoms with Crippen LogP contribution in [0.2, 0.25) is 0 Å². The molecule has 2 fully saturated rings. The van der Waals surface area contributed by atoms with Crippen molar-refractivity contribution >= 4 is 11.7 Å². The molecular formula is C22H27N3O2.